The molecule has 7 heteroatoms. The van der Waals surface area contributed by atoms with Crippen LogP contribution in [0.15, 0.2) is 4.99 Å². The van der Waals surface area contributed by atoms with Gasteiger partial charge in [0.2, 0.25) is 5.28 Å². The molecule has 0 spiro atoms. The van der Waals surface area contributed by atoms with E-state index in [0.29, 0.717) is 24.1 Å². The molecule has 1 aromatic rings. The monoisotopic (exact) mass is 274 g/mol. The van der Waals surface area contributed by atoms with E-state index >= 15 is 0 Å². The highest BCUT2D eigenvalue weighted by atomic mass is 35.5. The van der Waals surface area contributed by atoms with Crippen molar-refractivity contribution in [2.75, 3.05) is 12.3 Å². The fourth-order valence-electron chi connectivity index (χ4n) is 1.35. The van der Waals surface area contributed by atoms with Crippen molar-refractivity contribution in [2.45, 2.75) is 19.8 Å². The van der Waals surface area contributed by atoms with Crippen LogP contribution in [-0.4, -0.2) is 22.5 Å². The Kier molecular flexibility index (Phi) is 3.69. The van der Waals surface area contributed by atoms with Gasteiger partial charge < -0.3 is 10.5 Å². The van der Waals surface area contributed by atoms with Crippen LogP contribution in [0.25, 0.3) is 0 Å². The van der Waals surface area contributed by atoms with Crippen molar-refractivity contribution in [3.05, 3.63) is 10.4 Å². The Morgan fingerprint density at radius 2 is 2.18 bits per heavy atom. The minimum absolute atomic E-state index is 0.0100. The van der Waals surface area contributed by atoms with E-state index in [1.807, 2.05) is 6.92 Å². The molecule has 0 aromatic carbocycles. The van der Waals surface area contributed by atoms with Gasteiger partial charge in [-0.05, 0) is 31.4 Å². The number of aromatic nitrogens is 2. The lowest BCUT2D eigenvalue weighted by Gasteiger charge is -2.07. The predicted molar refractivity (Wildman–Crippen MR) is 67.9 cm³/mol. The van der Waals surface area contributed by atoms with Crippen LogP contribution >= 0.6 is 23.2 Å². The number of ether oxygens (including phenoxy) is 1. The summed E-state index contributed by atoms with van der Waals surface area (Å²) in [5.74, 6) is 1.17. The first-order valence-corrected chi connectivity index (χ1v) is 6.07. The Labute approximate surface area is 109 Å². The largest absolute Gasteiger partial charge is 0.481 e. The van der Waals surface area contributed by atoms with E-state index in [-0.39, 0.29) is 16.3 Å². The maximum atomic E-state index is 5.93. The van der Waals surface area contributed by atoms with Crippen molar-refractivity contribution in [3.8, 4) is 0 Å². The molecule has 1 aromatic heterocycles. The Hall–Kier alpha value is -1.07. The molecule has 1 saturated carbocycles. The third-order valence-corrected chi connectivity index (χ3v) is 2.71. The van der Waals surface area contributed by atoms with Crippen LogP contribution < -0.4 is 5.73 Å². The molecule has 0 bridgehead atoms. The zero-order chi connectivity index (χ0) is 12.4. The molecule has 92 valence electrons. The number of anilines is 1. The first-order chi connectivity index (χ1) is 8.11. The molecule has 0 amide bonds. The van der Waals surface area contributed by atoms with Gasteiger partial charge in [-0.15, -0.1) is 0 Å². The number of halogens is 2. The Balaban J connectivity index is 2.35. The number of nitrogens with zero attached hydrogens (tertiary/aromatic N) is 3. The van der Waals surface area contributed by atoms with E-state index in [1.165, 1.54) is 0 Å². The van der Waals surface area contributed by atoms with E-state index in [2.05, 4.69) is 15.0 Å². The molecule has 1 aliphatic carbocycles. The molecule has 1 aliphatic rings. The molecular weight excluding hydrogens is 263 g/mol. The van der Waals surface area contributed by atoms with Crippen LogP contribution in [0.1, 0.15) is 19.8 Å². The fraction of sp³-hybridized carbons (Fsp3) is 0.500. The topological polar surface area (TPSA) is 73.4 Å². The third-order valence-electron chi connectivity index (χ3n) is 2.28. The zero-order valence-electron chi connectivity index (χ0n) is 9.28. The number of hydrogen-bond acceptors (Lipinski definition) is 5. The van der Waals surface area contributed by atoms with E-state index < -0.39 is 0 Å². The first-order valence-electron chi connectivity index (χ1n) is 5.31. The summed E-state index contributed by atoms with van der Waals surface area (Å²) in [6.45, 7) is 2.46. The molecule has 1 fully saturated rings. The first kappa shape index (κ1) is 12.4. The van der Waals surface area contributed by atoms with Gasteiger partial charge in [0.05, 0.1) is 6.61 Å². The highest BCUT2D eigenvalue weighted by Gasteiger charge is 2.29. The van der Waals surface area contributed by atoms with Gasteiger partial charge in [-0.3, -0.25) is 0 Å². The molecule has 0 radical (unpaired) electrons. The van der Waals surface area contributed by atoms with Crippen molar-refractivity contribution >= 4 is 40.6 Å². The molecule has 2 rings (SSSR count). The van der Waals surface area contributed by atoms with Gasteiger partial charge in [0, 0.05) is 5.92 Å². The van der Waals surface area contributed by atoms with Gasteiger partial charge in [0.1, 0.15) is 5.69 Å². The summed E-state index contributed by atoms with van der Waals surface area (Å²) >= 11 is 11.6. The van der Waals surface area contributed by atoms with Crippen molar-refractivity contribution in [3.63, 3.8) is 0 Å². The summed E-state index contributed by atoms with van der Waals surface area (Å²) in [5, 5.41) is 0.149. The summed E-state index contributed by atoms with van der Waals surface area (Å²) in [4.78, 5) is 11.9. The fourth-order valence-corrected chi connectivity index (χ4v) is 1.79. The lowest BCUT2D eigenvalue weighted by Crippen LogP contribution is -2.07. The minimum Gasteiger partial charge on any atom is -0.481 e. The summed E-state index contributed by atoms with van der Waals surface area (Å²) in [7, 11) is 0. The van der Waals surface area contributed by atoms with Gasteiger partial charge in [-0.1, -0.05) is 11.6 Å². The van der Waals surface area contributed by atoms with Crippen LogP contribution in [0.3, 0.4) is 0 Å². The summed E-state index contributed by atoms with van der Waals surface area (Å²) in [6, 6.07) is 0. The summed E-state index contributed by atoms with van der Waals surface area (Å²) in [5.41, 5.74) is 6.03. The van der Waals surface area contributed by atoms with Crippen LogP contribution in [0.4, 0.5) is 11.5 Å². The van der Waals surface area contributed by atoms with Crippen molar-refractivity contribution in [1.29, 1.82) is 0 Å². The van der Waals surface area contributed by atoms with Gasteiger partial charge in [-0.2, -0.15) is 4.98 Å². The standard InChI is InChI=1S/C10H12Cl2N4O/c1-2-17-9(5-3-4-5)14-6-7(11)15-10(12)16-8(6)13/h5H,2-4H2,1H3,(H2,13,15,16)/b14-9-. The van der Waals surface area contributed by atoms with E-state index in [0.717, 1.165) is 12.8 Å². The van der Waals surface area contributed by atoms with Crippen LogP contribution in [0.5, 0.6) is 0 Å². The second kappa shape index (κ2) is 5.06. The molecule has 5 nitrogen and oxygen atoms in total. The van der Waals surface area contributed by atoms with Gasteiger partial charge in [0.25, 0.3) is 0 Å². The highest BCUT2D eigenvalue weighted by Crippen LogP contribution is 2.35. The highest BCUT2D eigenvalue weighted by molar-refractivity contribution is 6.34. The number of nitrogen functional groups attached to an aromatic ring is 1. The number of aliphatic imine (C=N–C) groups is 1. The number of rotatable bonds is 3. The van der Waals surface area contributed by atoms with Crippen molar-refractivity contribution < 1.29 is 4.74 Å². The van der Waals surface area contributed by atoms with E-state index in [4.69, 9.17) is 33.7 Å². The maximum Gasteiger partial charge on any atom is 0.225 e. The molecule has 2 N–H and O–H groups in total. The third kappa shape index (κ3) is 2.98. The lowest BCUT2D eigenvalue weighted by atomic mass is 10.4. The van der Waals surface area contributed by atoms with Crippen molar-refractivity contribution in [2.24, 2.45) is 10.9 Å². The normalized spacial score (nSPS) is 16.1. The smallest absolute Gasteiger partial charge is 0.225 e. The number of hydrogen-bond donors (Lipinski definition) is 1. The zero-order valence-corrected chi connectivity index (χ0v) is 10.8. The number of nitrogens with two attached hydrogens (primary N) is 1. The Morgan fingerprint density at radius 1 is 1.47 bits per heavy atom. The molecule has 0 unspecified atom stereocenters. The van der Waals surface area contributed by atoms with Crippen molar-refractivity contribution in [1.82, 2.24) is 9.97 Å². The van der Waals surface area contributed by atoms with E-state index in [1.54, 1.807) is 0 Å². The maximum absolute atomic E-state index is 5.93. The van der Waals surface area contributed by atoms with Crippen LogP contribution in [0, 0.1) is 5.92 Å². The van der Waals surface area contributed by atoms with Gasteiger partial charge >= 0.3 is 0 Å². The van der Waals surface area contributed by atoms with Gasteiger partial charge in [-0.25, -0.2) is 9.98 Å². The minimum atomic E-state index is 0.0100. The molecule has 0 atom stereocenters. The Bertz CT molecular complexity index is 437. The van der Waals surface area contributed by atoms with E-state index in [9.17, 15) is 0 Å². The lowest BCUT2D eigenvalue weighted by molar-refractivity contribution is 0.314. The molecule has 0 aliphatic heterocycles. The molecule has 17 heavy (non-hydrogen) atoms. The summed E-state index contributed by atoms with van der Waals surface area (Å²) < 4.78 is 5.46. The SMILES string of the molecule is CCO/C(=N\c1c(N)nc(Cl)nc1Cl)C1CC1. The predicted octanol–water partition coefficient (Wildman–Crippen LogP) is 2.84. The molecule has 1 heterocycles. The molecule has 0 saturated heterocycles. The molecular formula is C10H12Cl2N4O. The van der Waals surface area contributed by atoms with Crippen LogP contribution in [-0.2, 0) is 4.74 Å². The Morgan fingerprint density at radius 3 is 2.71 bits per heavy atom. The summed E-state index contributed by atoms with van der Waals surface area (Å²) in [6.07, 6.45) is 2.15. The average molecular weight is 275 g/mol. The quantitative estimate of drug-likeness (QED) is 0.398. The van der Waals surface area contributed by atoms with Gasteiger partial charge in [0.15, 0.2) is 16.9 Å². The second-order valence-corrected chi connectivity index (χ2v) is 4.37. The van der Waals surface area contributed by atoms with Crippen LogP contribution in [0.2, 0.25) is 10.4 Å². The second-order valence-electron chi connectivity index (χ2n) is 3.67. The average Bonchev–Trinajstić information content (AvgIpc) is 3.05.